The number of aryl methyl sites for hydroxylation is 1. The molecule has 0 spiro atoms. The van der Waals surface area contributed by atoms with E-state index in [9.17, 15) is 0 Å². The molecule has 0 bridgehead atoms. The van der Waals surface area contributed by atoms with Crippen molar-refractivity contribution in [2.75, 3.05) is 5.73 Å². The lowest BCUT2D eigenvalue weighted by molar-refractivity contribution is 0.568. The Morgan fingerprint density at radius 2 is 2.29 bits per heavy atom. The van der Waals surface area contributed by atoms with Crippen LogP contribution in [0.15, 0.2) is 18.3 Å². The van der Waals surface area contributed by atoms with Gasteiger partial charge in [0, 0.05) is 12.2 Å². The maximum Gasteiger partial charge on any atom is 0.126 e. The molecular weight excluding hydrogens is 174 g/mol. The Morgan fingerprint density at radius 3 is 2.93 bits per heavy atom. The molecular formula is C11H19N3. The molecule has 4 N–H and O–H groups in total. The summed E-state index contributed by atoms with van der Waals surface area (Å²) in [6.07, 6.45) is 5.89. The highest BCUT2D eigenvalue weighted by molar-refractivity contribution is 5.38. The Balaban J connectivity index is 2.35. The van der Waals surface area contributed by atoms with Gasteiger partial charge in [-0.15, -0.1) is 0 Å². The van der Waals surface area contributed by atoms with Gasteiger partial charge < -0.3 is 11.5 Å². The minimum atomic E-state index is 0.327. The van der Waals surface area contributed by atoms with E-state index in [1.54, 1.807) is 6.20 Å². The zero-order chi connectivity index (χ0) is 10.4. The van der Waals surface area contributed by atoms with Crippen molar-refractivity contribution in [3.8, 4) is 0 Å². The molecule has 14 heavy (non-hydrogen) atoms. The largest absolute Gasteiger partial charge is 0.383 e. The standard InChI is InChI=1S/C11H19N3/c1-2-10(12)7-3-5-9-6-4-8-14-11(9)13/h4,6,8,10H,2-3,5,7,12H2,1H3,(H2,13,14). The fourth-order valence-corrected chi connectivity index (χ4v) is 1.42. The number of nitrogen functional groups attached to an aromatic ring is 1. The van der Waals surface area contributed by atoms with Gasteiger partial charge in [0.05, 0.1) is 0 Å². The molecule has 3 nitrogen and oxygen atoms in total. The molecule has 0 aliphatic rings. The molecule has 0 aliphatic carbocycles. The molecule has 78 valence electrons. The van der Waals surface area contributed by atoms with Crippen molar-refractivity contribution in [2.24, 2.45) is 5.73 Å². The number of pyridine rings is 1. The zero-order valence-corrected chi connectivity index (χ0v) is 8.74. The highest BCUT2D eigenvalue weighted by Crippen LogP contribution is 2.11. The second-order valence-electron chi connectivity index (χ2n) is 3.61. The van der Waals surface area contributed by atoms with Crippen LogP contribution in [0, 0.1) is 0 Å². The molecule has 0 aliphatic heterocycles. The van der Waals surface area contributed by atoms with E-state index in [0.29, 0.717) is 11.9 Å². The highest BCUT2D eigenvalue weighted by atomic mass is 14.8. The second kappa shape index (κ2) is 5.60. The normalized spacial score (nSPS) is 12.7. The van der Waals surface area contributed by atoms with Gasteiger partial charge in [-0.3, -0.25) is 0 Å². The lowest BCUT2D eigenvalue weighted by Gasteiger charge is -2.08. The first-order chi connectivity index (χ1) is 6.74. The first-order valence-corrected chi connectivity index (χ1v) is 5.19. The van der Waals surface area contributed by atoms with Gasteiger partial charge in [0.2, 0.25) is 0 Å². The van der Waals surface area contributed by atoms with Gasteiger partial charge in [-0.1, -0.05) is 13.0 Å². The second-order valence-corrected chi connectivity index (χ2v) is 3.61. The van der Waals surface area contributed by atoms with Crippen molar-refractivity contribution in [1.29, 1.82) is 0 Å². The Morgan fingerprint density at radius 1 is 1.50 bits per heavy atom. The van der Waals surface area contributed by atoms with E-state index in [4.69, 9.17) is 11.5 Å². The number of hydrogen-bond acceptors (Lipinski definition) is 3. The predicted molar refractivity (Wildman–Crippen MR) is 59.9 cm³/mol. The SMILES string of the molecule is CCC(N)CCCc1cccnc1N. The van der Waals surface area contributed by atoms with Gasteiger partial charge in [-0.25, -0.2) is 4.98 Å². The van der Waals surface area contributed by atoms with Gasteiger partial charge in [0.25, 0.3) is 0 Å². The molecule has 1 aromatic rings. The topological polar surface area (TPSA) is 64.9 Å². The Bertz CT molecular complexity index is 273. The quantitative estimate of drug-likeness (QED) is 0.748. The first kappa shape index (κ1) is 11.0. The lowest BCUT2D eigenvalue weighted by atomic mass is 10.0. The van der Waals surface area contributed by atoms with Crippen molar-refractivity contribution in [2.45, 2.75) is 38.6 Å². The molecule has 3 heteroatoms. The van der Waals surface area contributed by atoms with Crippen LogP contribution in [0.2, 0.25) is 0 Å². The Labute approximate surface area is 85.5 Å². The van der Waals surface area contributed by atoms with Crippen LogP contribution in [-0.2, 0) is 6.42 Å². The van der Waals surface area contributed by atoms with Crippen molar-refractivity contribution < 1.29 is 0 Å². The van der Waals surface area contributed by atoms with Crippen LogP contribution < -0.4 is 11.5 Å². The van der Waals surface area contributed by atoms with Crippen LogP contribution in [0.5, 0.6) is 0 Å². The van der Waals surface area contributed by atoms with Crippen molar-refractivity contribution in [3.63, 3.8) is 0 Å². The zero-order valence-electron chi connectivity index (χ0n) is 8.74. The minimum Gasteiger partial charge on any atom is -0.383 e. The van der Waals surface area contributed by atoms with Crippen LogP contribution in [0.1, 0.15) is 31.7 Å². The molecule has 1 unspecified atom stereocenters. The van der Waals surface area contributed by atoms with Gasteiger partial charge in [-0.2, -0.15) is 0 Å². The van der Waals surface area contributed by atoms with Gasteiger partial charge in [-0.05, 0) is 37.3 Å². The summed E-state index contributed by atoms with van der Waals surface area (Å²) >= 11 is 0. The van der Waals surface area contributed by atoms with Gasteiger partial charge >= 0.3 is 0 Å². The molecule has 0 radical (unpaired) electrons. The van der Waals surface area contributed by atoms with Crippen molar-refractivity contribution in [3.05, 3.63) is 23.9 Å². The van der Waals surface area contributed by atoms with Gasteiger partial charge in [0.15, 0.2) is 0 Å². The molecule has 0 aromatic carbocycles. The van der Waals surface area contributed by atoms with E-state index < -0.39 is 0 Å². The maximum absolute atomic E-state index is 5.83. The summed E-state index contributed by atoms with van der Waals surface area (Å²) in [6.45, 7) is 2.11. The fourth-order valence-electron chi connectivity index (χ4n) is 1.42. The Hall–Kier alpha value is -1.09. The van der Waals surface area contributed by atoms with E-state index in [1.807, 2.05) is 12.1 Å². The van der Waals surface area contributed by atoms with E-state index in [1.165, 1.54) is 0 Å². The number of hydrogen-bond donors (Lipinski definition) is 2. The van der Waals surface area contributed by atoms with Gasteiger partial charge in [0.1, 0.15) is 5.82 Å². The summed E-state index contributed by atoms with van der Waals surface area (Å²) < 4.78 is 0. The molecule has 0 fully saturated rings. The third-order valence-corrected chi connectivity index (χ3v) is 2.47. The molecule has 0 amide bonds. The van der Waals surface area contributed by atoms with Crippen LogP contribution in [0.4, 0.5) is 5.82 Å². The van der Waals surface area contributed by atoms with E-state index in [2.05, 4.69) is 11.9 Å². The van der Waals surface area contributed by atoms with Crippen LogP contribution in [0.25, 0.3) is 0 Å². The van der Waals surface area contributed by atoms with Crippen molar-refractivity contribution >= 4 is 5.82 Å². The summed E-state index contributed by atoms with van der Waals surface area (Å²) in [4.78, 5) is 4.04. The average molecular weight is 193 g/mol. The highest BCUT2D eigenvalue weighted by Gasteiger charge is 2.01. The predicted octanol–water partition coefficient (Wildman–Crippen LogP) is 1.72. The summed E-state index contributed by atoms with van der Waals surface area (Å²) in [6, 6.07) is 4.28. The smallest absolute Gasteiger partial charge is 0.126 e. The lowest BCUT2D eigenvalue weighted by Crippen LogP contribution is -2.18. The summed E-state index contributed by atoms with van der Waals surface area (Å²) in [7, 11) is 0. The molecule has 0 saturated heterocycles. The monoisotopic (exact) mass is 193 g/mol. The molecule has 1 atom stereocenters. The first-order valence-electron chi connectivity index (χ1n) is 5.19. The summed E-state index contributed by atoms with van der Waals surface area (Å²) in [5, 5.41) is 0. The number of nitrogens with two attached hydrogens (primary N) is 2. The number of nitrogens with zero attached hydrogens (tertiary/aromatic N) is 1. The van der Waals surface area contributed by atoms with E-state index >= 15 is 0 Å². The fraction of sp³-hybridized carbons (Fsp3) is 0.545. The number of anilines is 1. The van der Waals surface area contributed by atoms with E-state index in [-0.39, 0.29) is 0 Å². The molecule has 1 aromatic heterocycles. The minimum absolute atomic E-state index is 0.327. The maximum atomic E-state index is 5.83. The summed E-state index contributed by atoms with van der Waals surface area (Å²) in [5.74, 6) is 0.651. The van der Waals surface area contributed by atoms with Crippen molar-refractivity contribution in [1.82, 2.24) is 4.98 Å². The molecule has 1 heterocycles. The van der Waals surface area contributed by atoms with Crippen LogP contribution in [0.3, 0.4) is 0 Å². The van der Waals surface area contributed by atoms with Crippen LogP contribution in [-0.4, -0.2) is 11.0 Å². The third kappa shape index (κ3) is 3.34. The number of aromatic nitrogens is 1. The Kier molecular flexibility index (Phi) is 4.40. The number of rotatable bonds is 5. The van der Waals surface area contributed by atoms with E-state index in [0.717, 1.165) is 31.2 Å². The van der Waals surface area contributed by atoms with Crippen LogP contribution >= 0.6 is 0 Å². The molecule has 0 saturated carbocycles. The third-order valence-electron chi connectivity index (χ3n) is 2.47. The molecule has 1 rings (SSSR count). The summed E-state index contributed by atoms with van der Waals surface area (Å²) in [5.41, 5.74) is 12.7. The average Bonchev–Trinajstić information content (AvgIpc) is 2.20.